The molecule has 0 aliphatic rings. The second-order valence-corrected chi connectivity index (χ2v) is 4.07. The molecule has 18 heavy (non-hydrogen) atoms. The third-order valence-electron chi connectivity index (χ3n) is 2.02. The molecule has 2 rings (SSSR count). The van der Waals surface area contributed by atoms with Crippen LogP contribution in [0.3, 0.4) is 0 Å². The molecule has 2 amide bonds. The van der Waals surface area contributed by atoms with Crippen LogP contribution in [-0.4, -0.2) is 16.8 Å². The third kappa shape index (κ3) is 2.95. The Morgan fingerprint density at radius 1 is 1.17 bits per heavy atom. The van der Waals surface area contributed by atoms with Crippen LogP contribution in [0, 0.1) is 0 Å². The number of hydrogen-bond acceptors (Lipinski definition) is 4. The van der Waals surface area contributed by atoms with Crippen LogP contribution in [-0.2, 0) is 0 Å². The third-order valence-corrected chi connectivity index (χ3v) is 2.49. The molecule has 0 spiro atoms. The Hall–Kier alpha value is -2.15. The Kier molecular flexibility index (Phi) is 3.73. The number of nitrogens with one attached hydrogen (secondary N) is 2. The number of rotatable bonds is 2. The number of pyridine rings is 1. The molecule has 0 aliphatic heterocycles. The quantitative estimate of drug-likeness (QED) is 0.650. The van der Waals surface area contributed by atoms with Gasteiger partial charge in [0.2, 0.25) is 0 Å². The van der Waals surface area contributed by atoms with Crippen LogP contribution in [0.4, 0.5) is 0 Å². The smallest absolute Gasteiger partial charge is 0.305 e. The van der Waals surface area contributed by atoms with E-state index in [1.807, 2.05) is 0 Å². The summed E-state index contributed by atoms with van der Waals surface area (Å²) in [7, 11) is 0. The first-order valence-corrected chi connectivity index (χ1v) is 5.72. The zero-order chi connectivity index (χ0) is 13.0. The molecule has 0 atom stereocenters. The fourth-order valence-electron chi connectivity index (χ4n) is 1.17. The second kappa shape index (κ2) is 5.46. The van der Waals surface area contributed by atoms with Crippen molar-refractivity contribution in [2.24, 2.45) is 0 Å². The first kappa shape index (κ1) is 12.3. The van der Waals surface area contributed by atoms with Crippen molar-refractivity contribution in [1.82, 2.24) is 15.8 Å². The van der Waals surface area contributed by atoms with Crippen LogP contribution in [0.1, 0.15) is 20.9 Å². The zero-order valence-electron chi connectivity index (χ0n) is 9.01. The number of halogens is 1. The van der Waals surface area contributed by atoms with E-state index in [0.717, 1.165) is 0 Å². The molecule has 0 bridgehead atoms. The van der Waals surface area contributed by atoms with Gasteiger partial charge >= 0.3 is 5.91 Å². The van der Waals surface area contributed by atoms with E-state index in [1.54, 1.807) is 18.2 Å². The molecule has 0 aliphatic carbocycles. The molecule has 2 N–H and O–H groups in total. The van der Waals surface area contributed by atoms with Crippen molar-refractivity contribution in [2.45, 2.75) is 0 Å². The Bertz CT molecular complexity index is 551. The minimum Gasteiger partial charge on any atom is -0.459 e. The average Bonchev–Trinajstić information content (AvgIpc) is 2.90. The van der Waals surface area contributed by atoms with Crippen molar-refractivity contribution < 1.29 is 14.0 Å². The van der Waals surface area contributed by atoms with E-state index >= 15 is 0 Å². The highest BCUT2D eigenvalue weighted by Crippen LogP contribution is 2.05. The van der Waals surface area contributed by atoms with Gasteiger partial charge in [0.05, 0.1) is 11.8 Å². The number of carbonyl (C=O) groups excluding carboxylic acids is 2. The van der Waals surface area contributed by atoms with Gasteiger partial charge in [0.25, 0.3) is 5.91 Å². The van der Waals surface area contributed by atoms with Gasteiger partial charge in [-0.25, -0.2) is 4.98 Å². The van der Waals surface area contributed by atoms with Crippen molar-refractivity contribution in [3.8, 4) is 0 Å². The Labute approximate surface area is 110 Å². The zero-order valence-corrected chi connectivity index (χ0v) is 10.6. The molecule has 6 nitrogen and oxygen atoms in total. The van der Waals surface area contributed by atoms with Crippen LogP contribution in [0.5, 0.6) is 0 Å². The molecule has 7 heteroatoms. The van der Waals surface area contributed by atoms with Gasteiger partial charge in [0.15, 0.2) is 5.76 Å². The van der Waals surface area contributed by atoms with Gasteiger partial charge in [0, 0.05) is 6.20 Å². The summed E-state index contributed by atoms with van der Waals surface area (Å²) in [4.78, 5) is 27.0. The summed E-state index contributed by atoms with van der Waals surface area (Å²) in [6, 6.07) is 6.27. The normalized spacial score (nSPS) is 9.83. The summed E-state index contributed by atoms with van der Waals surface area (Å²) < 4.78 is 5.49. The number of nitrogens with zero attached hydrogens (tertiary/aromatic N) is 1. The van der Waals surface area contributed by atoms with Crippen LogP contribution < -0.4 is 10.9 Å². The summed E-state index contributed by atoms with van der Waals surface area (Å²) in [6.45, 7) is 0. The molecular formula is C11H8BrN3O3. The second-order valence-electron chi connectivity index (χ2n) is 3.26. The van der Waals surface area contributed by atoms with Crippen LogP contribution >= 0.6 is 15.9 Å². The molecule has 2 aromatic rings. The lowest BCUT2D eigenvalue weighted by Crippen LogP contribution is -2.41. The maximum Gasteiger partial charge on any atom is 0.305 e. The molecule has 2 aromatic heterocycles. The van der Waals surface area contributed by atoms with Crippen molar-refractivity contribution in [3.63, 3.8) is 0 Å². The summed E-state index contributed by atoms with van der Waals surface area (Å²) >= 11 is 3.16. The van der Waals surface area contributed by atoms with Gasteiger partial charge in [-0.2, -0.15) is 0 Å². The SMILES string of the molecule is O=C(NNC(=O)c1ccco1)c1ccc(Br)nc1. The highest BCUT2D eigenvalue weighted by molar-refractivity contribution is 9.10. The minimum absolute atomic E-state index is 0.115. The Morgan fingerprint density at radius 2 is 1.94 bits per heavy atom. The van der Waals surface area contributed by atoms with Gasteiger partial charge in [-0.05, 0) is 40.2 Å². The van der Waals surface area contributed by atoms with Crippen LogP contribution in [0.2, 0.25) is 0 Å². The van der Waals surface area contributed by atoms with Crippen molar-refractivity contribution in [1.29, 1.82) is 0 Å². The molecule has 0 unspecified atom stereocenters. The van der Waals surface area contributed by atoms with E-state index in [9.17, 15) is 9.59 Å². The topological polar surface area (TPSA) is 84.2 Å². The number of carbonyl (C=O) groups is 2. The number of amides is 2. The van der Waals surface area contributed by atoms with Crippen molar-refractivity contribution in [3.05, 3.63) is 52.7 Å². The molecular weight excluding hydrogens is 302 g/mol. The lowest BCUT2D eigenvalue weighted by atomic mass is 10.3. The van der Waals surface area contributed by atoms with E-state index in [1.165, 1.54) is 18.5 Å². The minimum atomic E-state index is -0.529. The summed E-state index contributed by atoms with van der Waals surface area (Å²) in [5, 5.41) is 0. The fraction of sp³-hybridized carbons (Fsp3) is 0. The molecule has 92 valence electrons. The highest BCUT2D eigenvalue weighted by atomic mass is 79.9. The van der Waals surface area contributed by atoms with Gasteiger partial charge in [0.1, 0.15) is 4.60 Å². The maximum atomic E-state index is 11.6. The Balaban J connectivity index is 1.92. The maximum absolute atomic E-state index is 11.6. The van der Waals surface area contributed by atoms with Crippen LogP contribution in [0.25, 0.3) is 0 Å². The molecule has 0 aromatic carbocycles. The van der Waals surface area contributed by atoms with E-state index in [4.69, 9.17) is 4.42 Å². The first-order valence-electron chi connectivity index (χ1n) is 4.92. The van der Waals surface area contributed by atoms with E-state index in [-0.39, 0.29) is 5.76 Å². The lowest BCUT2D eigenvalue weighted by Gasteiger charge is -2.05. The van der Waals surface area contributed by atoms with Crippen molar-refractivity contribution in [2.75, 3.05) is 0 Å². The number of aromatic nitrogens is 1. The van der Waals surface area contributed by atoms with E-state index < -0.39 is 11.8 Å². The fourth-order valence-corrected chi connectivity index (χ4v) is 1.40. The van der Waals surface area contributed by atoms with Crippen molar-refractivity contribution >= 4 is 27.7 Å². The molecule has 0 saturated carbocycles. The summed E-state index contributed by atoms with van der Waals surface area (Å²) in [5.74, 6) is -0.877. The molecule has 0 fully saturated rings. The predicted molar refractivity (Wildman–Crippen MR) is 65.6 cm³/mol. The van der Waals surface area contributed by atoms with Gasteiger partial charge in [-0.15, -0.1) is 0 Å². The number of hydrogen-bond donors (Lipinski definition) is 2. The number of hydrazine groups is 1. The highest BCUT2D eigenvalue weighted by Gasteiger charge is 2.10. The molecule has 2 heterocycles. The largest absolute Gasteiger partial charge is 0.459 e. The predicted octanol–water partition coefficient (Wildman–Crippen LogP) is 1.51. The lowest BCUT2D eigenvalue weighted by molar-refractivity contribution is 0.0830. The van der Waals surface area contributed by atoms with Gasteiger partial charge in [-0.3, -0.25) is 20.4 Å². The van der Waals surface area contributed by atoms with E-state index in [0.29, 0.717) is 10.2 Å². The monoisotopic (exact) mass is 309 g/mol. The Morgan fingerprint density at radius 3 is 2.56 bits per heavy atom. The molecule has 0 radical (unpaired) electrons. The van der Waals surface area contributed by atoms with Crippen LogP contribution in [0.15, 0.2) is 45.7 Å². The van der Waals surface area contributed by atoms with Gasteiger partial charge in [-0.1, -0.05) is 0 Å². The van der Waals surface area contributed by atoms with Gasteiger partial charge < -0.3 is 4.42 Å². The average molecular weight is 310 g/mol. The standard InChI is InChI=1S/C11H8BrN3O3/c12-9-4-3-7(6-13-9)10(16)14-15-11(17)8-2-1-5-18-8/h1-6H,(H,14,16)(H,15,17). The molecule has 0 saturated heterocycles. The summed E-state index contributed by atoms with van der Waals surface area (Å²) in [5.41, 5.74) is 4.81. The van der Waals surface area contributed by atoms with E-state index in [2.05, 4.69) is 31.8 Å². The first-order chi connectivity index (χ1) is 8.66. The number of furan rings is 1. The summed E-state index contributed by atoms with van der Waals surface area (Å²) in [6.07, 6.45) is 2.76.